The first-order chi connectivity index (χ1) is 8.88. The van der Waals surface area contributed by atoms with Gasteiger partial charge in [-0.15, -0.1) is 0 Å². The predicted molar refractivity (Wildman–Crippen MR) is 76.0 cm³/mol. The lowest BCUT2D eigenvalue weighted by Gasteiger charge is -2.33. The summed E-state index contributed by atoms with van der Waals surface area (Å²) in [4.78, 5) is 2.13. The molecule has 0 atom stereocenters. The first kappa shape index (κ1) is 14.3. The number of sulfone groups is 1. The molecule has 0 amide bonds. The Kier molecular flexibility index (Phi) is 4.13. The Morgan fingerprint density at radius 3 is 2.79 bits per heavy atom. The van der Waals surface area contributed by atoms with Crippen molar-refractivity contribution < 1.29 is 12.8 Å². The lowest BCUT2D eigenvalue weighted by Crippen LogP contribution is -2.32. The molecule has 19 heavy (non-hydrogen) atoms. The van der Waals surface area contributed by atoms with Gasteiger partial charge in [-0.2, -0.15) is 0 Å². The molecule has 1 heterocycles. The zero-order chi connectivity index (χ0) is 14.0. The summed E-state index contributed by atoms with van der Waals surface area (Å²) in [6, 6.07) is 3.32. The topological polar surface area (TPSA) is 37.4 Å². The average Bonchev–Trinajstić information content (AvgIpc) is 2.32. The summed E-state index contributed by atoms with van der Waals surface area (Å²) in [5.41, 5.74) is 2.82. The molecule has 5 heteroatoms. The Morgan fingerprint density at radius 1 is 1.37 bits per heavy atom. The first-order valence-electron chi connectivity index (χ1n) is 6.59. The summed E-state index contributed by atoms with van der Waals surface area (Å²) in [5, 5.41) is 0. The van der Waals surface area contributed by atoms with Crippen LogP contribution in [0.25, 0.3) is 0 Å². The molecule has 0 unspecified atom stereocenters. The van der Waals surface area contributed by atoms with E-state index in [0.29, 0.717) is 13.0 Å². The molecule has 0 radical (unpaired) electrons. The maximum atomic E-state index is 13.8. The summed E-state index contributed by atoms with van der Waals surface area (Å²) in [7, 11) is -2.92. The number of hydrogen-bond donors (Lipinski definition) is 0. The van der Waals surface area contributed by atoms with Gasteiger partial charge < -0.3 is 4.90 Å². The van der Waals surface area contributed by atoms with E-state index in [1.807, 2.05) is 6.92 Å². The number of anilines is 1. The van der Waals surface area contributed by atoms with Crippen molar-refractivity contribution in [3.8, 4) is 0 Å². The fourth-order valence-electron chi connectivity index (χ4n) is 2.71. The molecule has 1 aliphatic heterocycles. The molecular formula is C14H20FNO2S. The highest BCUT2D eigenvalue weighted by Gasteiger charge is 2.21. The van der Waals surface area contributed by atoms with Crippen LogP contribution in [-0.4, -0.2) is 33.5 Å². The summed E-state index contributed by atoms with van der Waals surface area (Å²) >= 11 is 0. The largest absolute Gasteiger partial charge is 0.371 e. The summed E-state index contributed by atoms with van der Waals surface area (Å²) in [6.45, 7) is 3.53. The van der Waals surface area contributed by atoms with Crippen LogP contribution in [0.5, 0.6) is 0 Å². The number of rotatable bonds is 4. The Labute approximate surface area is 114 Å². The zero-order valence-corrected chi connectivity index (χ0v) is 12.3. The van der Waals surface area contributed by atoms with E-state index in [2.05, 4.69) is 4.90 Å². The van der Waals surface area contributed by atoms with Crippen molar-refractivity contribution in [2.24, 2.45) is 0 Å². The van der Waals surface area contributed by atoms with Crippen molar-refractivity contribution >= 4 is 15.5 Å². The second kappa shape index (κ2) is 5.49. The van der Waals surface area contributed by atoms with E-state index in [1.54, 1.807) is 6.07 Å². The third kappa shape index (κ3) is 3.47. The molecule has 1 aliphatic rings. The van der Waals surface area contributed by atoms with Crippen LogP contribution in [0.2, 0.25) is 0 Å². The van der Waals surface area contributed by atoms with Gasteiger partial charge in [0, 0.05) is 30.6 Å². The molecule has 1 aromatic rings. The van der Waals surface area contributed by atoms with Crippen LogP contribution in [0.4, 0.5) is 10.1 Å². The minimum atomic E-state index is -2.92. The average molecular weight is 285 g/mol. The lowest BCUT2D eigenvalue weighted by atomic mass is 9.97. The monoisotopic (exact) mass is 285 g/mol. The fourth-order valence-corrected chi connectivity index (χ4v) is 3.36. The Balaban J connectivity index is 2.16. The molecule has 0 saturated carbocycles. The van der Waals surface area contributed by atoms with E-state index in [-0.39, 0.29) is 11.6 Å². The van der Waals surface area contributed by atoms with Gasteiger partial charge in [-0.25, -0.2) is 12.8 Å². The van der Waals surface area contributed by atoms with Crippen molar-refractivity contribution in [3.05, 3.63) is 29.1 Å². The SMILES string of the molecule is Cc1ccc(F)c2c1N(CCCS(C)(=O)=O)CCC2. The van der Waals surface area contributed by atoms with Crippen LogP contribution in [0.3, 0.4) is 0 Å². The molecule has 0 bridgehead atoms. The smallest absolute Gasteiger partial charge is 0.147 e. The molecular weight excluding hydrogens is 265 g/mol. The van der Waals surface area contributed by atoms with Gasteiger partial charge in [0.25, 0.3) is 0 Å². The van der Waals surface area contributed by atoms with Gasteiger partial charge in [-0.3, -0.25) is 0 Å². The minimum absolute atomic E-state index is 0.145. The molecule has 0 fully saturated rings. The predicted octanol–water partition coefficient (Wildman–Crippen LogP) is 2.32. The van der Waals surface area contributed by atoms with Gasteiger partial charge in [0.2, 0.25) is 0 Å². The number of aryl methyl sites for hydroxylation is 1. The van der Waals surface area contributed by atoms with E-state index < -0.39 is 9.84 Å². The molecule has 0 spiro atoms. The third-order valence-corrected chi connectivity index (χ3v) is 4.57. The summed E-state index contributed by atoms with van der Waals surface area (Å²) < 4.78 is 36.1. The van der Waals surface area contributed by atoms with Gasteiger partial charge in [0.1, 0.15) is 15.7 Å². The number of hydrogen-bond acceptors (Lipinski definition) is 3. The summed E-state index contributed by atoms with van der Waals surface area (Å²) in [6.07, 6.45) is 3.54. The second-order valence-electron chi connectivity index (χ2n) is 5.27. The van der Waals surface area contributed by atoms with Crippen LogP contribution < -0.4 is 4.90 Å². The van der Waals surface area contributed by atoms with Gasteiger partial charge in [0.15, 0.2) is 0 Å². The van der Waals surface area contributed by atoms with Crippen LogP contribution in [0.1, 0.15) is 24.0 Å². The minimum Gasteiger partial charge on any atom is -0.371 e. The molecule has 106 valence electrons. The highest BCUT2D eigenvalue weighted by atomic mass is 32.2. The molecule has 0 aromatic heterocycles. The molecule has 1 aromatic carbocycles. The molecule has 2 rings (SSSR count). The summed E-state index contributed by atoms with van der Waals surface area (Å²) in [5.74, 6) is 0.0427. The quantitative estimate of drug-likeness (QED) is 0.852. The van der Waals surface area contributed by atoms with E-state index in [9.17, 15) is 12.8 Å². The molecule has 0 aliphatic carbocycles. The highest BCUT2D eigenvalue weighted by Crippen LogP contribution is 2.32. The normalized spacial score (nSPS) is 15.4. The molecule has 0 saturated heterocycles. The Hall–Kier alpha value is -1.10. The third-order valence-electron chi connectivity index (χ3n) is 3.54. The number of halogens is 1. The highest BCUT2D eigenvalue weighted by molar-refractivity contribution is 7.90. The van der Waals surface area contributed by atoms with Gasteiger partial charge in [0.05, 0.1) is 5.75 Å². The maximum Gasteiger partial charge on any atom is 0.147 e. The van der Waals surface area contributed by atoms with E-state index in [0.717, 1.165) is 36.2 Å². The van der Waals surface area contributed by atoms with Crippen LogP contribution in [0.15, 0.2) is 12.1 Å². The van der Waals surface area contributed by atoms with Gasteiger partial charge >= 0.3 is 0 Å². The van der Waals surface area contributed by atoms with Crippen LogP contribution in [0, 0.1) is 12.7 Å². The second-order valence-corrected chi connectivity index (χ2v) is 7.53. The van der Waals surface area contributed by atoms with Crippen molar-refractivity contribution in [2.75, 3.05) is 30.0 Å². The number of nitrogens with zero attached hydrogens (tertiary/aromatic N) is 1. The number of fused-ring (bicyclic) bond motifs is 1. The number of benzene rings is 1. The van der Waals surface area contributed by atoms with Crippen LogP contribution >= 0.6 is 0 Å². The van der Waals surface area contributed by atoms with E-state index >= 15 is 0 Å². The Morgan fingerprint density at radius 2 is 2.11 bits per heavy atom. The van der Waals surface area contributed by atoms with Gasteiger partial charge in [-0.1, -0.05) is 6.07 Å². The lowest BCUT2D eigenvalue weighted by molar-refractivity contribution is 0.581. The van der Waals surface area contributed by atoms with Crippen LogP contribution in [-0.2, 0) is 16.3 Å². The molecule has 3 nitrogen and oxygen atoms in total. The van der Waals surface area contributed by atoms with Crippen molar-refractivity contribution in [1.82, 2.24) is 0 Å². The maximum absolute atomic E-state index is 13.8. The first-order valence-corrected chi connectivity index (χ1v) is 8.65. The van der Waals surface area contributed by atoms with Crippen molar-refractivity contribution in [1.29, 1.82) is 0 Å². The molecule has 0 N–H and O–H groups in total. The van der Waals surface area contributed by atoms with E-state index in [1.165, 1.54) is 12.3 Å². The van der Waals surface area contributed by atoms with E-state index in [4.69, 9.17) is 0 Å². The van der Waals surface area contributed by atoms with Crippen molar-refractivity contribution in [3.63, 3.8) is 0 Å². The standard InChI is InChI=1S/C14H20FNO2S/c1-11-6-7-13(15)12-5-3-8-16(14(11)12)9-4-10-19(2,17)18/h6-7H,3-5,8-10H2,1-2H3. The Bertz CT molecular complexity index is 569. The van der Waals surface area contributed by atoms with Crippen molar-refractivity contribution in [2.45, 2.75) is 26.2 Å². The van der Waals surface area contributed by atoms with Gasteiger partial charge in [-0.05, 0) is 37.8 Å². The zero-order valence-electron chi connectivity index (χ0n) is 11.4. The fraction of sp³-hybridized carbons (Fsp3) is 0.571.